The highest BCUT2D eigenvalue weighted by molar-refractivity contribution is 5.95. The van der Waals surface area contributed by atoms with Crippen LogP contribution in [0, 0.1) is 12.8 Å². The molecule has 0 spiro atoms. The number of nitrogens with zero attached hydrogens (tertiary/aromatic N) is 3. The number of aryl methyl sites for hydroxylation is 1. The van der Waals surface area contributed by atoms with Gasteiger partial charge >= 0.3 is 0 Å². The first-order chi connectivity index (χ1) is 16.9. The average molecular weight is 472 g/mol. The summed E-state index contributed by atoms with van der Waals surface area (Å²) >= 11 is 0. The standard InChI is InChI=1S/C27H29N5O3/c1-18-4-2-5-19(10-18)11-25(33)30-22-15-29-32(17-22)24-7-3-6-21(13-24)27(35)28-14-20-12-26(34)31(16-20)23-8-9-23/h2-7,10,13,15,17,20,23H,8-9,11-12,14,16H2,1H3,(H,28,35)(H,30,33)/t20-/m0/s1. The molecule has 8 nitrogen and oxygen atoms in total. The SMILES string of the molecule is Cc1cccc(CC(=O)Nc2cnn(-c3cccc(C(=O)NC[C@@H]4CC(=O)N(C5CC5)C4)c3)c2)c1. The van der Waals surface area contributed by atoms with E-state index in [1.165, 1.54) is 0 Å². The monoisotopic (exact) mass is 471 g/mol. The Morgan fingerprint density at radius 2 is 1.94 bits per heavy atom. The molecule has 35 heavy (non-hydrogen) atoms. The van der Waals surface area contributed by atoms with Gasteiger partial charge in [-0.3, -0.25) is 14.4 Å². The summed E-state index contributed by atoms with van der Waals surface area (Å²) in [6, 6.07) is 15.5. The molecule has 3 aromatic rings. The van der Waals surface area contributed by atoms with Gasteiger partial charge in [0, 0.05) is 37.0 Å². The summed E-state index contributed by atoms with van der Waals surface area (Å²) < 4.78 is 1.63. The number of benzene rings is 2. The Labute approximate surface area is 204 Å². The van der Waals surface area contributed by atoms with Crippen molar-refractivity contribution in [2.75, 3.05) is 18.4 Å². The Morgan fingerprint density at radius 1 is 1.11 bits per heavy atom. The fourth-order valence-electron chi connectivity index (χ4n) is 4.55. The number of nitrogens with one attached hydrogen (secondary N) is 2. The Hall–Kier alpha value is -3.94. The highest BCUT2D eigenvalue weighted by Crippen LogP contribution is 2.32. The fraction of sp³-hybridized carbons (Fsp3) is 0.333. The van der Waals surface area contributed by atoms with Gasteiger partial charge in [-0.1, -0.05) is 35.9 Å². The van der Waals surface area contributed by atoms with E-state index in [1.807, 2.05) is 42.2 Å². The summed E-state index contributed by atoms with van der Waals surface area (Å²) in [7, 11) is 0. The minimum absolute atomic E-state index is 0.117. The molecule has 1 aromatic heterocycles. The van der Waals surface area contributed by atoms with Gasteiger partial charge in [-0.05, 0) is 43.5 Å². The van der Waals surface area contributed by atoms with Gasteiger partial charge in [0.15, 0.2) is 0 Å². The van der Waals surface area contributed by atoms with E-state index in [0.717, 1.165) is 30.5 Å². The van der Waals surface area contributed by atoms with Crippen LogP contribution in [0.3, 0.4) is 0 Å². The van der Waals surface area contributed by atoms with Crippen LogP contribution < -0.4 is 10.6 Å². The minimum Gasteiger partial charge on any atom is -0.352 e. The van der Waals surface area contributed by atoms with Crippen molar-refractivity contribution in [3.63, 3.8) is 0 Å². The van der Waals surface area contributed by atoms with Crippen LogP contribution in [0.4, 0.5) is 5.69 Å². The minimum atomic E-state index is -0.178. The number of rotatable bonds is 8. The first kappa shape index (κ1) is 22.8. The number of likely N-dealkylation sites (tertiary alicyclic amines) is 1. The number of amides is 3. The number of carbonyl (C=O) groups excluding carboxylic acids is 3. The van der Waals surface area contributed by atoms with Crippen molar-refractivity contribution in [3.05, 3.63) is 77.6 Å². The number of aromatic nitrogens is 2. The Morgan fingerprint density at radius 3 is 2.74 bits per heavy atom. The predicted molar refractivity (Wildman–Crippen MR) is 132 cm³/mol. The van der Waals surface area contributed by atoms with Crippen molar-refractivity contribution in [3.8, 4) is 5.69 Å². The molecule has 0 unspecified atom stereocenters. The Bertz CT molecular complexity index is 1260. The number of anilines is 1. The third-order valence-electron chi connectivity index (χ3n) is 6.46. The zero-order chi connectivity index (χ0) is 24.4. The Kier molecular flexibility index (Phi) is 6.35. The van der Waals surface area contributed by atoms with Crippen LogP contribution in [0.25, 0.3) is 5.69 Å². The lowest BCUT2D eigenvalue weighted by Crippen LogP contribution is -2.32. The van der Waals surface area contributed by atoms with Crippen LogP contribution in [0.2, 0.25) is 0 Å². The molecule has 1 saturated carbocycles. The second-order valence-electron chi connectivity index (χ2n) is 9.50. The van der Waals surface area contributed by atoms with Crippen LogP contribution in [0.5, 0.6) is 0 Å². The van der Waals surface area contributed by atoms with E-state index in [-0.39, 0.29) is 30.1 Å². The number of carbonyl (C=O) groups is 3. The summed E-state index contributed by atoms with van der Waals surface area (Å²) in [5, 5.41) is 10.2. The molecule has 3 amide bonds. The molecule has 0 bridgehead atoms. The molecule has 2 heterocycles. The largest absolute Gasteiger partial charge is 0.352 e. The van der Waals surface area contributed by atoms with Crippen molar-refractivity contribution in [2.24, 2.45) is 5.92 Å². The van der Waals surface area contributed by atoms with Gasteiger partial charge in [-0.2, -0.15) is 5.10 Å². The zero-order valence-corrected chi connectivity index (χ0v) is 19.7. The molecule has 1 saturated heterocycles. The van der Waals surface area contributed by atoms with E-state index in [4.69, 9.17) is 0 Å². The van der Waals surface area contributed by atoms with Crippen molar-refractivity contribution in [1.29, 1.82) is 0 Å². The van der Waals surface area contributed by atoms with Crippen molar-refractivity contribution in [2.45, 2.75) is 38.6 Å². The fourth-order valence-corrected chi connectivity index (χ4v) is 4.55. The molecule has 180 valence electrons. The topological polar surface area (TPSA) is 96.3 Å². The van der Waals surface area contributed by atoms with E-state index < -0.39 is 0 Å². The molecule has 5 rings (SSSR count). The molecule has 2 fully saturated rings. The quantitative estimate of drug-likeness (QED) is 0.528. The van der Waals surface area contributed by atoms with Crippen LogP contribution in [0.1, 0.15) is 40.7 Å². The first-order valence-corrected chi connectivity index (χ1v) is 12.0. The smallest absolute Gasteiger partial charge is 0.251 e. The molecule has 8 heteroatoms. The number of hydrogen-bond donors (Lipinski definition) is 2. The van der Waals surface area contributed by atoms with Gasteiger partial charge in [-0.15, -0.1) is 0 Å². The van der Waals surface area contributed by atoms with Gasteiger partial charge in [0.1, 0.15) is 0 Å². The highest BCUT2D eigenvalue weighted by atomic mass is 16.2. The van der Waals surface area contributed by atoms with E-state index >= 15 is 0 Å². The maximum atomic E-state index is 12.7. The summed E-state index contributed by atoms with van der Waals surface area (Å²) in [5.41, 5.74) is 3.89. The molecule has 2 N–H and O–H groups in total. The molecule has 1 aliphatic heterocycles. The zero-order valence-electron chi connectivity index (χ0n) is 19.7. The summed E-state index contributed by atoms with van der Waals surface area (Å²) in [5.74, 6) is 0.0680. The van der Waals surface area contributed by atoms with Gasteiger partial charge in [0.05, 0.1) is 30.2 Å². The van der Waals surface area contributed by atoms with Gasteiger partial charge in [-0.25, -0.2) is 4.68 Å². The molecular weight excluding hydrogens is 442 g/mol. The second kappa shape index (κ2) is 9.74. The summed E-state index contributed by atoms with van der Waals surface area (Å²) in [4.78, 5) is 39.3. The molecule has 2 aromatic carbocycles. The number of hydrogen-bond acceptors (Lipinski definition) is 4. The van der Waals surface area contributed by atoms with Gasteiger partial charge in [0.25, 0.3) is 5.91 Å². The lowest BCUT2D eigenvalue weighted by molar-refractivity contribution is -0.128. The van der Waals surface area contributed by atoms with Crippen LogP contribution in [0.15, 0.2) is 60.9 Å². The third kappa shape index (κ3) is 5.59. The van der Waals surface area contributed by atoms with E-state index in [1.54, 1.807) is 35.3 Å². The van der Waals surface area contributed by atoms with Crippen LogP contribution >= 0.6 is 0 Å². The van der Waals surface area contributed by atoms with Crippen molar-refractivity contribution < 1.29 is 14.4 Å². The molecule has 0 radical (unpaired) electrons. The maximum absolute atomic E-state index is 12.7. The van der Waals surface area contributed by atoms with E-state index in [9.17, 15) is 14.4 Å². The molecular formula is C27H29N5O3. The summed E-state index contributed by atoms with van der Waals surface area (Å²) in [6.07, 6.45) is 6.30. The molecule has 2 aliphatic rings. The van der Waals surface area contributed by atoms with Gasteiger partial charge < -0.3 is 15.5 Å². The normalized spacial score (nSPS) is 17.5. The average Bonchev–Trinajstić information content (AvgIpc) is 3.46. The second-order valence-corrected chi connectivity index (χ2v) is 9.50. The van der Waals surface area contributed by atoms with Crippen LogP contribution in [-0.4, -0.2) is 51.5 Å². The summed E-state index contributed by atoms with van der Waals surface area (Å²) in [6.45, 7) is 3.21. The predicted octanol–water partition coefficient (Wildman–Crippen LogP) is 3.10. The van der Waals surface area contributed by atoms with Crippen LogP contribution in [-0.2, 0) is 16.0 Å². The lowest BCUT2D eigenvalue weighted by atomic mass is 10.1. The first-order valence-electron chi connectivity index (χ1n) is 12.0. The maximum Gasteiger partial charge on any atom is 0.251 e. The van der Waals surface area contributed by atoms with Crippen molar-refractivity contribution in [1.82, 2.24) is 20.0 Å². The highest BCUT2D eigenvalue weighted by Gasteiger charge is 2.39. The molecule has 1 aliphatic carbocycles. The lowest BCUT2D eigenvalue weighted by Gasteiger charge is -2.15. The Balaban J connectivity index is 1.17. The van der Waals surface area contributed by atoms with Gasteiger partial charge in [0.2, 0.25) is 11.8 Å². The van der Waals surface area contributed by atoms with Crippen molar-refractivity contribution >= 4 is 23.4 Å². The molecule has 1 atom stereocenters. The van der Waals surface area contributed by atoms with E-state index in [0.29, 0.717) is 35.9 Å². The van der Waals surface area contributed by atoms with E-state index in [2.05, 4.69) is 15.7 Å². The third-order valence-corrected chi connectivity index (χ3v) is 6.46.